The molecule has 1 fully saturated rings. The summed E-state index contributed by atoms with van der Waals surface area (Å²) < 4.78 is 5.47. The zero-order valence-electron chi connectivity index (χ0n) is 8.91. The SMILES string of the molecule is CC1CC(Nc2nc(Cl)ncc2Cl)CCO1. The molecule has 0 amide bonds. The van der Waals surface area contributed by atoms with Crippen LogP contribution in [0.4, 0.5) is 5.82 Å². The quantitative estimate of drug-likeness (QED) is 0.832. The van der Waals surface area contributed by atoms with E-state index in [4.69, 9.17) is 27.9 Å². The van der Waals surface area contributed by atoms with E-state index >= 15 is 0 Å². The summed E-state index contributed by atoms with van der Waals surface area (Å²) in [6.07, 6.45) is 3.66. The second-order valence-corrected chi connectivity index (χ2v) is 4.63. The summed E-state index contributed by atoms with van der Waals surface area (Å²) in [6.45, 7) is 2.82. The lowest BCUT2D eigenvalue weighted by molar-refractivity contribution is 0.0232. The van der Waals surface area contributed by atoms with Crippen LogP contribution in [0.15, 0.2) is 6.20 Å². The summed E-state index contributed by atoms with van der Waals surface area (Å²) in [5.41, 5.74) is 0. The van der Waals surface area contributed by atoms with Crippen LogP contribution in [0.1, 0.15) is 19.8 Å². The van der Waals surface area contributed by atoms with Crippen molar-refractivity contribution in [3.63, 3.8) is 0 Å². The molecule has 1 aliphatic rings. The van der Waals surface area contributed by atoms with E-state index < -0.39 is 0 Å². The molecule has 0 radical (unpaired) electrons. The van der Waals surface area contributed by atoms with Gasteiger partial charge in [0.25, 0.3) is 0 Å². The van der Waals surface area contributed by atoms with Gasteiger partial charge in [-0.2, -0.15) is 4.98 Å². The van der Waals surface area contributed by atoms with Crippen LogP contribution in [0, 0.1) is 0 Å². The van der Waals surface area contributed by atoms with E-state index in [-0.39, 0.29) is 11.4 Å². The fraction of sp³-hybridized carbons (Fsp3) is 0.600. The van der Waals surface area contributed by atoms with Crippen molar-refractivity contribution < 1.29 is 4.74 Å². The molecule has 88 valence electrons. The van der Waals surface area contributed by atoms with Crippen LogP contribution in [0.2, 0.25) is 10.3 Å². The molecule has 1 aromatic rings. The summed E-state index contributed by atoms with van der Waals surface area (Å²) in [4.78, 5) is 7.87. The van der Waals surface area contributed by atoms with Crippen LogP contribution in [0.3, 0.4) is 0 Å². The number of nitrogens with one attached hydrogen (secondary N) is 1. The predicted octanol–water partition coefficient (Wildman–Crippen LogP) is 2.76. The van der Waals surface area contributed by atoms with Crippen molar-refractivity contribution in [2.24, 2.45) is 0 Å². The van der Waals surface area contributed by atoms with E-state index in [2.05, 4.69) is 22.2 Å². The van der Waals surface area contributed by atoms with Gasteiger partial charge in [0.2, 0.25) is 5.28 Å². The molecule has 0 aliphatic carbocycles. The lowest BCUT2D eigenvalue weighted by Gasteiger charge is -2.28. The minimum atomic E-state index is 0.201. The van der Waals surface area contributed by atoms with Crippen LogP contribution < -0.4 is 5.32 Å². The minimum Gasteiger partial charge on any atom is -0.378 e. The number of nitrogens with zero attached hydrogens (tertiary/aromatic N) is 2. The zero-order chi connectivity index (χ0) is 11.5. The van der Waals surface area contributed by atoms with Crippen molar-refractivity contribution in [3.8, 4) is 0 Å². The fourth-order valence-corrected chi connectivity index (χ4v) is 2.05. The number of rotatable bonds is 2. The van der Waals surface area contributed by atoms with Gasteiger partial charge in [-0.15, -0.1) is 0 Å². The number of hydrogen-bond acceptors (Lipinski definition) is 4. The maximum absolute atomic E-state index is 5.97. The molecule has 0 saturated carbocycles. The molecule has 0 aromatic carbocycles. The Hall–Kier alpha value is -0.580. The molecule has 1 N–H and O–H groups in total. The molecule has 16 heavy (non-hydrogen) atoms. The third kappa shape index (κ3) is 2.97. The van der Waals surface area contributed by atoms with E-state index in [9.17, 15) is 0 Å². The lowest BCUT2D eigenvalue weighted by atomic mass is 10.0. The third-order valence-electron chi connectivity index (χ3n) is 2.54. The van der Waals surface area contributed by atoms with E-state index in [0.29, 0.717) is 16.9 Å². The zero-order valence-corrected chi connectivity index (χ0v) is 10.4. The standard InChI is InChI=1S/C10H13Cl2N3O/c1-6-4-7(2-3-16-6)14-9-8(11)5-13-10(12)15-9/h5-7H,2-4H2,1H3,(H,13,14,15). The van der Waals surface area contributed by atoms with Crippen LogP contribution >= 0.6 is 23.2 Å². The van der Waals surface area contributed by atoms with E-state index in [1.54, 1.807) is 0 Å². The molecule has 0 bridgehead atoms. The molecule has 1 aromatic heterocycles. The minimum absolute atomic E-state index is 0.201. The van der Waals surface area contributed by atoms with Crippen molar-refractivity contribution in [1.29, 1.82) is 0 Å². The molecular weight excluding hydrogens is 249 g/mol. The van der Waals surface area contributed by atoms with Crippen molar-refractivity contribution >= 4 is 29.0 Å². The first-order chi connectivity index (χ1) is 7.65. The molecule has 2 unspecified atom stereocenters. The number of aromatic nitrogens is 2. The van der Waals surface area contributed by atoms with Gasteiger partial charge in [-0.3, -0.25) is 0 Å². The van der Waals surface area contributed by atoms with Crippen molar-refractivity contribution in [2.45, 2.75) is 31.9 Å². The molecule has 2 atom stereocenters. The molecular formula is C10H13Cl2N3O. The van der Waals surface area contributed by atoms with Gasteiger partial charge >= 0.3 is 0 Å². The Morgan fingerprint density at radius 1 is 1.50 bits per heavy atom. The first-order valence-corrected chi connectivity index (χ1v) is 5.97. The van der Waals surface area contributed by atoms with E-state index in [1.807, 2.05) is 0 Å². The van der Waals surface area contributed by atoms with Gasteiger partial charge < -0.3 is 10.1 Å². The second-order valence-electron chi connectivity index (χ2n) is 3.88. The smallest absolute Gasteiger partial charge is 0.224 e. The summed E-state index contributed by atoms with van der Waals surface area (Å²) in [5.74, 6) is 0.598. The highest BCUT2D eigenvalue weighted by atomic mass is 35.5. The summed E-state index contributed by atoms with van der Waals surface area (Å²) >= 11 is 11.7. The van der Waals surface area contributed by atoms with E-state index in [0.717, 1.165) is 19.4 Å². The Bertz CT molecular complexity index is 375. The van der Waals surface area contributed by atoms with Gasteiger partial charge in [-0.05, 0) is 31.4 Å². The van der Waals surface area contributed by atoms with Crippen LogP contribution in [0.5, 0.6) is 0 Å². The first-order valence-electron chi connectivity index (χ1n) is 5.21. The Morgan fingerprint density at radius 3 is 3.06 bits per heavy atom. The summed E-state index contributed by atoms with van der Waals surface area (Å²) in [7, 11) is 0. The fourth-order valence-electron chi connectivity index (χ4n) is 1.77. The third-order valence-corrected chi connectivity index (χ3v) is 3.00. The van der Waals surface area contributed by atoms with Gasteiger partial charge in [0.05, 0.1) is 12.3 Å². The molecule has 2 heterocycles. The Morgan fingerprint density at radius 2 is 2.31 bits per heavy atom. The van der Waals surface area contributed by atoms with Crippen molar-refractivity contribution in [2.75, 3.05) is 11.9 Å². The van der Waals surface area contributed by atoms with Gasteiger partial charge in [-0.25, -0.2) is 4.98 Å². The first kappa shape index (κ1) is 11.9. The van der Waals surface area contributed by atoms with Gasteiger partial charge in [0, 0.05) is 12.6 Å². The molecule has 1 saturated heterocycles. The normalized spacial score (nSPS) is 25.4. The number of anilines is 1. The summed E-state index contributed by atoms with van der Waals surface area (Å²) in [5, 5.41) is 3.96. The highest BCUT2D eigenvalue weighted by Gasteiger charge is 2.20. The van der Waals surface area contributed by atoms with Gasteiger partial charge in [0.1, 0.15) is 10.8 Å². The van der Waals surface area contributed by atoms with E-state index in [1.165, 1.54) is 6.20 Å². The number of halogens is 2. The van der Waals surface area contributed by atoms with Crippen LogP contribution in [-0.2, 0) is 4.74 Å². The maximum atomic E-state index is 5.97. The monoisotopic (exact) mass is 261 g/mol. The molecule has 4 nitrogen and oxygen atoms in total. The Kier molecular flexibility index (Phi) is 3.84. The lowest BCUT2D eigenvalue weighted by Crippen LogP contribution is -2.32. The highest BCUT2D eigenvalue weighted by Crippen LogP contribution is 2.23. The van der Waals surface area contributed by atoms with Gasteiger partial charge in [-0.1, -0.05) is 11.6 Å². The van der Waals surface area contributed by atoms with Crippen LogP contribution in [0.25, 0.3) is 0 Å². The van der Waals surface area contributed by atoms with Gasteiger partial charge in [0.15, 0.2) is 0 Å². The Labute approximate surface area is 104 Å². The molecule has 6 heteroatoms. The molecule has 1 aliphatic heterocycles. The topological polar surface area (TPSA) is 47.0 Å². The largest absolute Gasteiger partial charge is 0.378 e. The number of ether oxygens (including phenoxy) is 1. The second kappa shape index (κ2) is 5.17. The number of hydrogen-bond donors (Lipinski definition) is 1. The average molecular weight is 262 g/mol. The maximum Gasteiger partial charge on any atom is 0.224 e. The predicted molar refractivity (Wildman–Crippen MR) is 64.1 cm³/mol. The molecule has 2 rings (SSSR count). The summed E-state index contributed by atoms with van der Waals surface area (Å²) in [6, 6.07) is 0.326. The average Bonchev–Trinajstić information content (AvgIpc) is 2.24. The van der Waals surface area contributed by atoms with Crippen molar-refractivity contribution in [3.05, 3.63) is 16.5 Å². The van der Waals surface area contributed by atoms with Crippen molar-refractivity contribution in [1.82, 2.24) is 9.97 Å². The Balaban J connectivity index is 2.05. The molecule has 0 spiro atoms. The highest BCUT2D eigenvalue weighted by molar-refractivity contribution is 6.33. The van der Waals surface area contributed by atoms with Crippen LogP contribution in [-0.4, -0.2) is 28.7 Å².